The Kier molecular flexibility index (Phi) is 11.4. The number of sulfonamides is 1. The molecule has 9 heteroatoms. The van der Waals surface area contributed by atoms with Gasteiger partial charge in [-0.15, -0.1) is 0 Å². The maximum Gasteiger partial charge on any atom is 0.211 e. The first kappa shape index (κ1) is 23.0. The van der Waals surface area contributed by atoms with Gasteiger partial charge < -0.3 is 26.6 Å². The average Bonchev–Trinajstić information content (AvgIpc) is 2.27. The summed E-state index contributed by atoms with van der Waals surface area (Å²) >= 11 is 0. The lowest BCUT2D eigenvalue weighted by Crippen LogP contribution is -2.42. The van der Waals surface area contributed by atoms with Crippen molar-refractivity contribution in [2.45, 2.75) is 38.1 Å². The van der Waals surface area contributed by atoms with Crippen molar-refractivity contribution in [3.05, 3.63) is 0 Å². The summed E-state index contributed by atoms with van der Waals surface area (Å²) in [7, 11) is 2.01. The van der Waals surface area contributed by atoms with Gasteiger partial charge in [-0.25, -0.2) is 12.7 Å². The summed E-state index contributed by atoms with van der Waals surface area (Å²) < 4.78 is 22.8. The number of aliphatic hydroxyl groups excluding tert-OH is 2. The molecule has 0 amide bonds. The lowest BCUT2D eigenvalue weighted by atomic mass is 10.2. The van der Waals surface area contributed by atoms with E-state index in [0.717, 1.165) is 10.6 Å². The molecule has 0 aromatic rings. The highest BCUT2D eigenvalue weighted by Gasteiger charge is 2.17. The van der Waals surface area contributed by atoms with Gasteiger partial charge in [-0.2, -0.15) is 0 Å². The van der Waals surface area contributed by atoms with Crippen LogP contribution in [0, 0.1) is 0 Å². The van der Waals surface area contributed by atoms with Crippen molar-refractivity contribution in [3.63, 3.8) is 0 Å². The van der Waals surface area contributed by atoms with Gasteiger partial charge in [0.05, 0.1) is 18.5 Å². The third-order valence-corrected chi connectivity index (χ3v) is 4.06. The molecule has 0 aromatic heterocycles. The van der Waals surface area contributed by atoms with E-state index < -0.39 is 28.3 Å². The molecule has 8 nitrogen and oxygen atoms in total. The number of aliphatic hydroxyl groups is 2. The molecule has 0 aliphatic rings. The molecular weight excluding hydrogens is 296 g/mol. The molecule has 0 saturated heterocycles. The summed E-state index contributed by atoms with van der Waals surface area (Å²) in [5.41, 5.74) is 10.8. The smallest absolute Gasteiger partial charge is 0.211 e. The average molecular weight is 328 g/mol. The van der Waals surface area contributed by atoms with Crippen LogP contribution >= 0.6 is 0 Å². The van der Waals surface area contributed by atoms with E-state index in [1.807, 2.05) is 19.0 Å². The Morgan fingerprint density at radius 2 is 1.29 bits per heavy atom. The summed E-state index contributed by atoms with van der Waals surface area (Å²) in [5.74, 6) is 0. The molecular formula is C12H32N4O4S. The standard InChI is InChI=1S/C6H16N2O3S.C6H16N2O/c1-5(7)6(9)4-8(2)12(3,10)11;1-5(7)6(9)4-8(2)3/h5-6,9H,4,7H2,1-3H3;5-6,9H,4,7H2,1-3H3. The van der Waals surface area contributed by atoms with Crippen molar-refractivity contribution in [1.82, 2.24) is 9.21 Å². The highest BCUT2D eigenvalue weighted by Crippen LogP contribution is 1.97. The highest BCUT2D eigenvalue weighted by molar-refractivity contribution is 7.88. The van der Waals surface area contributed by atoms with Gasteiger partial charge in [0.15, 0.2) is 0 Å². The highest BCUT2D eigenvalue weighted by atomic mass is 32.2. The van der Waals surface area contributed by atoms with Crippen LogP contribution in [0.15, 0.2) is 0 Å². The number of likely N-dealkylation sites (N-methyl/N-ethyl adjacent to an activating group) is 2. The lowest BCUT2D eigenvalue weighted by Gasteiger charge is -2.20. The number of hydrogen-bond donors (Lipinski definition) is 4. The normalized spacial score (nSPS) is 17.9. The molecule has 0 heterocycles. The van der Waals surface area contributed by atoms with Crippen molar-refractivity contribution in [2.24, 2.45) is 11.5 Å². The molecule has 0 saturated carbocycles. The topological polar surface area (TPSA) is 133 Å². The zero-order chi connectivity index (χ0) is 17.4. The van der Waals surface area contributed by atoms with Crippen LogP contribution in [0.3, 0.4) is 0 Å². The maximum atomic E-state index is 10.9. The molecule has 0 aliphatic heterocycles. The van der Waals surface area contributed by atoms with Gasteiger partial charge in [-0.3, -0.25) is 0 Å². The van der Waals surface area contributed by atoms with Crippen LogP contribution in [-0.4, -0.2) is 92.6 Å². The van der Waals surface area contributed by atoms with Crippen LogP contribution in [0.1, 0.15) is 13.8 Å². The van der Waals surface area contributed by atoms with Crippen LogP contribution in [0.4, 0.5) is 0 Å². The first-order chi connectivity index (χ1) is 9.28. The summed E-state index contributed by atoms with van der Waals surface area (Å²) in [5, 5.41) is 18.4. The van der Waals surface area contributed by atoms with Gasteiger partial charge in [0, 0.05) is 32.2 Å². The fourth-order valence-corrected chi connectivity index (χ4v) is 1.53. The van der Waals surface area contributed by atoms with Crippen LogP contribution in [-0.2, 0) is 10.0 Å². The van der Waals surface area contributed by atoms with Gasteiger partial charge in [0.25, 0.3) is 0 Å². The third-order valence-electron chi connectivity index (χ3n) is 2.78. The Hall–Kier alpha value is -0.290. The van der Waals surface area contributed by atoms with Crippen LogP contribution in [0.2, 0.25) is 0 Å². The fraction of sp³-hybridized carbons (Fsp3) is 1.00. The number of hydrogen-bond acceptors (Lipinski definition) is 7. The molecule has 0 aliphatic carbocycles. The predicted octanol–water partition coefficient (Wildman–Crippen LogP) is -2.16. The van der Waals surface area contributed by atoms with Crippen LogP contribution in [0.5, 0.6) is 0 Å². The van der Waals surface area contributed by atoms with E-state index in [1.165, 1.54) is 7.05 Å². The minimum atomic E-state index is -3.21. The molecule has 0 fully saturated rings. The SMILES string of the molecule is CC(N)C(O)CN(C)C.CC(N)C(O)CN(C)S(C)(=O)=O. The lowest BCUT2D eigenvalue weighted by molar-refractivity contribution is 0.117. The van der Waals surface area contributed by atoms with E-state index in [9.17, 15) is 13.5 Å². The fourth-order valence-electron chi connectivity index (χ4n) is 1.11. The quantitative estimate of drug-likeness (QED) is 0.418. The van der Waals surface area contributed by atoms with Gasteiger partial charge in [-0.1, -0.05) is 0 Å². The zero-order valence-electron chi connectivity index (χ0n) is 13.9. The van der Waals surface area contributed by atoms with Gasteiger partial charge in [-0.05, 0) is 27.9 Å². The van der Waals surface area contributed by atoms with E-state index >= 15 is 0 Å². The number of rotatable bonds is 7. The molecule has 21 heavy (non-hydrogen) atoms. The third kappa shape index (κ3) is 13.1. The maximum absolute atomic E-state index is 10.9. The number of nitrogens with zero attached hydrogens (tertiary/aromatic N) is 2. The van der Waals surface area contributed by atoms with Crippen LogP contribution < -0.4 is 11.5 Å². The van der Waals surface area contributed by atoms with Crippen molar-refractivity contribution in [1.29, 1.82) is 0 Å². The summed E-state index contributed by atoms with van der Waals surface area (Å²) in [4.78, 5) is 1.91. The van der Waals surface area contributed by atoms with Crippen LogP contribution in [0.25, 0.3) is 0 Å². The summed E-state index contributed by atoms with van der Waals surface area (Å²) in [6, 6.07) is -0.554. The Labute approximate surface area is 128 Å². The van der Waals surface area contributed by atoms with E-state index in [4.69, 9.17) is 16.6 Å². The summed E-state index contributed by atoms with van der Waals surface area (Å²) in [6.07, 6.45) is -0.134. The molecule has 6 N–H and O–H groups in total. The van der Waals surface area contributed by atoms with E-state index in [2.05, 4.69) is 0 Å². The van der Waals surface area contributed by atoms with Crippen molar-refractivity contribution < 1.29 is 18.6 Å². The summed E-state index contributed by atoms with van der Waals surface area (Å²) in [6.45, 7) is 4.10. The van der Waals surface area contributed by atoms with Crippen molar-refractivity contribution in [2.75, 3.05) is 40.5 Å². The van der Waals surface area contributed by atoms with Gasteiger partial charge in [0.2, 0.25) is 10.0 Å². The van der Waals surface area contributed by atoms with Gasteiger partial charge >= 0.3 is 0 Å². The minimum Gasteiger partial charge on any atom is -0.390 e. The second-order valence-electron chi connectivity index (χ2n) is 5.66. The molecule has 130 valence electrons. The zero-order valence-corrected chi connectivity index (χ0v) is 14.7. The number of nitrogens with two attached hydrogens (primary N) is 2. The molecule has 0 aromatic carbocycles. The van der Waals surface area contributed by atoms with Crippen molar-refractivity contribution >= 4 is 10.0 Å². The first-order valence-electron chi connectivity index (χ1n) is 6.72. The Morgan fingerprint density at radius 1 is 0.952 bits per heavy atom. The predicted molar refractivity (Wildman–Crippen MR) is 85.3 cm³/mol. The van der Waals surface area contributed by atoms with E-state index in [-0.39, 0.29) is 12.6 Å². The monoisotopic (exact) mass is 328 g/mol. The molecule has 4 atom stereocenters. The Balaban J connectivity index is 0. The molecule has 0 spiro atoms. The van der Waals surface area contributed by atoms with Crippen molar-refractivity contribution in [3.8, 4) is 0 Å². The largest absolute Gasteiger partial charge is 0.390 e. The molecule has 0 radical (unpaired) electrons. The molecule has 4 unspecified atom stereocenters. The Bertz CT molecular complexity index is 360. The molecule has 0 rings (SSSR count). The minimum absolute atomic E-state index is 0.0382. The van der Waals surface area contributed by atoms with E-state index in [1.54, 1.807) is 13.8 Å². The van der Waals surface area contributed by atoms with E-state index in [0.29, 0.717) is 6.54 Å². The second kappa shape index (κ2) is 10.4. The molecule has 0 bridgehead atoms. The first-order valence-corrected chi connectivity index (χ1v) is 8.57. The Morgan fingerprint density at radius 3 is 1.48 bits per heavy atom. The van der Waals surface area contributed by atoms with Gasteiger partial charge in [0.1, 0.15) is 0 Å². The second-order valence-corrected chi connectivity index (χ2v) is 7.75.